The molecule has 0 aliphatic heterocycles. The van der Waals surface area contributed by atoms with Crippen molar-refractivity contribution in [2.45, 2.75) is 39.8 Å². The van der Waals surface area contributed by atoms with Crippen molar-refractivity contribution in [3.05, 3.63) is 35.1 Å². The fourth-order valence-electron chi connectivity index (χ4n) is 1.93. The summed E-state index contributed by atoms with van der Waals surface area (Å²) in [6, 6.07) is 5.12. The number of aryl methyl sites for hydroxylation is 1. The fraction of sp³-hybridized carbons (Fsp3) is 0.556. The first-order valence-electron chi connectivity index (χ1n) is 8.26. The molecule has 1 amide bonds. The van der Waals surface area contributed by atoms with Gasteiger partial charge in [-0.25, -0.2) is 9.18 Å². The van der Waals surface area contributed by atoms with E-state index < -0.39 is 5.60 Å². The standard InChI is InChI=1S/C18H29FN4O2/c1-13-7-8-14(11-15(13)19)12-22-16(20-5)21-9-10-23(6)17(24)25-18(2,3)4/h7-8,11H,9-10,12H2,1-6H3,(H2,20,21,22). The van der Waals surface area contributed by atoms with E-state index in [4.69, 9.17) is 4.74 Å². The molecule has 0 saturated carbocycles. The van der Waals surface area contributed by atoms with Crippen molar-refractivity contribution < 1.29 is 13.9 Å². The molecule has 0 atom stereocenters. The normalized spacial score (nSPS) is 11.9. The van der Waals surface area contributed by atoms with Crippen LogP contribution in [0.25, 0.3) is 0 Å². The molecule has 1 rings (SSSR count). The topological polar surface area (TPSA) is 66.0 Å². The Labute approximate surface area is 149 Å². The van der Waals surface area contributed by atoms with Crippen molar-refractivity contribution in [1.82, 2.24) is 15.5 Å². The van der Waals surface area contributed by atoms with E-state index in [1.807, 2.05) is 26.8 Å². The molecule has 0 heterocycles. The van der Waals surface area contributed by atoms with Crippen molar-refractivity contribution in [3.8, 4) is 0 Å². The van der Waals surface area contributed by atoms with Crippen LogP contribution in [0.2, 0.25) is 0 Å². The second-order valence-electron chi connectivity index (χ2n) is 6.84. The third-order valence-corrected chi connectivity index (χ3v) is 3.36. The zero-order valence-electron chi connectivity index (χ0n) is 15.9. The summed E-state index contributed by atoms with van der Waals surface area (Å²) in [5, 5.41) is 6.22. The number of likely N-dealkylation sites (N-methyl/N-ethyl adjacent to an activating group) is 1. The predicted octanol–water partition coefficient (Wildman–Crippen LogP) is 2.67. The van der Waals surface area contributed by atoms with E-state index in [1.54, 1.807) is 27.1 Å². The van der Waals surface area contributed by atoms with Gasteiger partial charge >= 0.3 is 6.09 Å². The van der Waals surface area contributed by atoms with Crippen LogP contribution in [0.3, 0.4) is 0 Å². The number of guanidine groups is 1. The predicted molar refractivity (Wildman–Crippen MR) is 98.2 cm³/mol. The van der Waals surface area contributed by atoms with Gasteiger partial charge in [0.1, 0.15) is 11.4 Å². The second kappa shape index (κ2) is 9.25. The van der Waals surface area contributed by atoms with Gasteiger partial charge in [-0.15, -0.1) is 0 Å². The summed E-state index contributed by atoms with van der Waals surface area (Å²) < 4.78 is 18.8. The van der Waals surface area contributed by atoms with Gasteiger partial charge in [0.25, 0.3) is 0 Å². The minimum absolute atomic E-state index is 0.221. The molecule has 0 aliphatic rings. The Morgan fingerprint density at radius 1 is 1.32 bits per heavy atom. The third kappa shape index (κ3) is 7.87. The summed E-state index contributed by atoms with van der Waals surface area (Å²) in [5.41, 5.74) is 0.938. The van der Waals surface area contributed by atoms with Crippen molar-refractivity contribution in [2.24, 2.45) is 4.99 Å². The largest absolute Gasteiger partial charge is 0.444 e. The minimum atomic E-state index is -0.514. The molecular formula is C18H29FN4O2. The summed E-state index contributed by atoms with van der Waals surface area (Å²) in [7, 11) is 3.34. The molecule has 1 aromatic rings. The fourth-order valence-corrected chi connectivity index (χ4v) is 1.93. The lowest BCUT2D eigenvalue weighted by atomic mass is 10.1. The summed E-state index contributed by atoms with van der Waals surface area (Å²) in [4.78, 5) is 17.5. The van der Waals surface area contributed by atoms with E-state index in [0.717, 1.165) is 5.56 Å². The van der Waals surface area contributed by atoms with Crippen LogP contribution in [0, 0.1) is 12.7 Å². The number of carbonyl (C=O) groups excluding carboxylic acids is 1. The Bertz CT molecular complexity index is 612. The molecule has 0 aliphatic carbocycles. The number of aliphatic imine (C=N–C) groups is 1. The number of amides is 1. The number of ether oxygens (including phenoxy) is 1. The van der Waals surface area contributed by atoms with Crippen LogP contribution in [0.1, 0.15) is 31.9 Å². The van der Waals surface area contributed by atoms with Crippen LogP contribution in [-0.2, 0) is 11.3 Å². The van der Waals surface area contributed by atoms with Crippen molar-refractivity contribution in [3.63, 3.8) is 0 Å². The molecule has 0 spiro atoms. The third-order valence-electron chi connectivity index (χ3n) is 3.36. The van der Waals surface area contributed by atoms with E-state index in [1.165, 1.54) is 11.0 Å². The van der Waals surface area contributed by atoms with E-state index >= 15 is 0 Å². The number of nitrogens with zero attached hydrogens (tertiary/aromatic N) is 2. The Kier molecular flexibility index (Phi) is 7.67. The first-order chi connectivity index (χ1) is 11.6. The lowest BCUT2D eigenvalue weighted by Gasteiger charge is -2.24. The number of nitrogens with one attached hydrogen (secondary N) is 2. The van der Waals surface area contributed by atoms with Gasteiger partial charge in [0, 0.05) is 33.7 Å². The van der Waals surface area contributed by atoms with E-state index in [0.29, 0.717) is 31.2 Å². The first-order valence-corrected chi connectivity index (χ1v) is 8.26. The monoisotopic (exact) mass is 352 g/mol. The quantitative estimate of drug-likeness (QED) is 0.632. The average molecular weight is 352 g/mol. The number of hydrogen-bond acceptors (Lipinski definition) is 3. The molecule has 140 valence electrons. The lowest BCUT2D eigenvalue weighted by Crippen LogP contribution is -2.42. The lowest BCUT2D eigenvalue weighted by molar-refractivity contribution is 0.0302. The van der Waals surface area contributed by atoms with Crippen LogP contribution < -0.4 is 10.6 Å². The highest BCUT2D eigenvalue weighted by Crippen LogP contribution is 2.09. The summed E-state index contributed by atoms with van der Waals surface area (Å²) >= 11 is 0. The highest BCUT2D eigenvalue weighted by Gasteiger charge is 2.19. The Hall–Kier alpha value is -2.31. The van der Waals surface area contributed by atoms with Gasteiger partial charge in [0.05, 0.1) is 0 Å². The molecular weight excluding hydrogens is 323 g/mol. The van der Waals surface area contributed by atoms with Gasteiger partial charge < -0.3 is 20.3 Å². The first kappa shape index (κ1) is 20.7. The Morgan fingerprint density at radius 3 is 2.56 bits per heavy atom. The van der Waals surface area contributed by atoms with Crippen LogP contribution in [0.4, 0.5) is 9.18 Å². The van der Waals surface area contributed by atoms with Gasteiger partial charge in [-0.1, -0.05) is 12.1 Å². The van der Waals surface area contributed by atoms with Crippen LogP contribution in [-0.4, -0.2) is 49.7 Å². The molecule has 2 N–H and O–H groups in total. The molecule has 0 aromatic heterocycles. The van der Waals surface area contributed by atoms with Crippen molar-refractivity contribution in [1.29, 1.82) is 0 Å². The van der Waals surface area contributed by atoms with Gasteiger partial charge in [0.15, 0.2) is 5.96 Å². The van der Waals surface area contributed by atoms with E-state index in [2.05, 4.69) is 15.6 Å². The maximum atomic E-state index is 13.5. The van der Waals surface area contributed by atoms with Crippen LogP contribution in [0.15, 0.2) is 23.2 Å². The number of halogens is 1. The number of rotatable bonds is 5. The second-order valence-corrected chi connectivity index (χ2v) is 6.84. The molecule has 1 aromatic carbocycles. The Morgan fingerprint density at radius 2 is 2.00 bits per heavy atom. The van der Waals surface area contributed by atoms with Gasteiger partial charge in [0.2, 0.25) is 0 Å². The summed E-state index contributed by atoms with van der Waals surface area (Å²) in [6.45, 7) is 8.66. The Balaban J connectivity index is 2.39. The van der Waals surface area contributed by atoms with E-state index in [9.17, 15) is 9.18 Å². The van der Waals surface area contributed by atoms with Gasteiger partial charge in [-0.2, -0.15) is 0 Å². The van der Waals surface area contributed by atoms with Crippen molar-refractivity contribution in [2.75, 3.05) is 27.2 Å². The van der Waals surface area contributed by atoms with Crippen molar-refractivity contribution >= 4 is 12.1 Å². The number of carbonyl (C=O) groups is 1. The van der Waals surface area contributed by atoms with Crippen LogP contribution >= 0.6 is 0 Å². The minimum Gasteiger partial charge on any atom is -0.444 e. The summed E-state index contributed by atoms with van der Waals surface area (Å²) in [5.74, 6) is 0.361. The van der Waals surface area contributed by atoms with Crippen LogP contribution in [0.5, 0.6) is 0 Å². The molecule has 25 heavy (non-hydrogen) atoms. The highest BCUT2D eigenvalue weighted by atomic mass is 19.1. The number of hydrogen-bond donors (Lipinski definition) is 2. The summed E-state index contributed by atoms with van der Waals surface area (Å²) in [6.07, 6.45) is -0.368. The smallest absolute Gasteiger partial charge is 0.410 e. The van der Waals surface area contributed by atoms with E-state index in [-0.39, 0.29) is 11.9 Å². The highest BCUT2D eigenvalue weighted by molar-refractivity contribution is 5.79. The maximum absolute atomic E-state index is 13.5. The molecule has 6 nitrogen and oxygen atoms in total. The zero-order chi connectivity index (χ0) is 19.0. The SMILES string of the molecule is CN=C(NCCN(C)C(=O)OC(C)(C)C)NCc1ccc(C)c(F)c1. The molecule has 7 heteroatoms. The van der Waals surface area contributed by atoms with Gasteiger partial charge in [-0.05, 0) is 44.9 Å². The molecule has 0 bridgehead atoms. The number of benzene rings is 1. The zero-order valence-corrected chi connectivity index (χ0v) is 15.9. The molecule has 0 saturated heterocycles. The molecule has 0 fully saturated rings. The molecule has 0 unspecified atom stereocenters. The average Bonchev–Trinajstić information content (AvgIpc) is 2.52. The maximum Gasteiger partial charge on any atom is 0.410 e. The molecule has 0 radical (unpaired) electrons. The van der Waals surface area contributed by atoms with Gasteiger partial charge in [-0.3, -0.25) is 4.99 Å².